The normalized spacial score (nSPS) is 24.4. The first-order chi connectivity index (χ1) is 13.0. The van der Waals surface area contributed by atoms with E-state index in [0.29, 0.717) is 25.7 Å². The summed E-state index contributed by atoms with van der Waals surface area (Å²) in [4.78, 5) is 4.70. The Labute approximate surface area is 166 Å². The van der Waals surface area contributed by atoms with Gasteiger partial charge in [0.05, 0.1) is 18.8 Å². The lowest BCUT2D eigenvalue weighted by Crippen LogP contribution is -2.47. The van der Waals surface area contributed by atoms with Gasteiger partial charge in [-0.25, -0.2) is 4.99 Å². The van der Waals surface area contributed by atoms with E-state index in [9.17, 15) is 5.11 Å². The Morgan fingerprint density at radius 1 is 1.41 bits per heavy atom. The van der Waals surface area contributed by atoms with E-state index in [1.807, 2.05) is 13.8 Å². The first-order valence-corrected chi connectivity index (χ1v) is 11.0. The van der Waals surface area contributed by atoms with Crippen LogP contribution in [0.1, 0.15) is 38.3 Å². The van der Waals surface area contributed by atoms with Crippen LogP contribution >= 0.6 is 11.8 Å². The molecule has 1 aromatic carbocycles. The molecular formula is C20H31N3O3S. The fraction of sp³-hybridized carbons (Fsp3) is 0.650. The van der Waals surface area contributed by atoms with Gasteiger partial charge in [-0.15, -0.1) is 0 Å². The van der Waals surface area contributed by atoms with E-state index in [0.717, 1.165) is 48.0 Å². The molecule has 3 rings (SSSR count). The Hall–Kier alpha value is -1.60. The van der Waals surface area contributed by atoms with Crippen molar-refractivity contribution in [2.75, 3.05) is 31.2 Å². The van der Waals surface area contributed by atoms with Crippen molar-refractivity contribution in [3.63, 3.8) is 0 Å². The van der Waals surface area contributed by atoms with Crippen LogP contribution in [-0.4, -0.2) is 54.0 Å². The summed E-state index contributed by atoms with van der Waals surface area (Å²) in [6.45, 7) is 8.49. The van der Waals surface area contributed by atoms with Crippen LogP contribution in [0.5, 0.6) is 11.5 Å². The van der Waals surface area contributed by atoms with Gasteiger partial charge in [-0.2, -0.15) is 11.8 Å². The molecule has 6 nitrogen and oxygen atoms in total. The molecule has 0 radical (unpaired) electrons. The maximum Gasteiger partial charge on any atom is 0.191 e. The minimum Gasteiger partial charge on any atom is -0.494 e. The first-order valence-electron chi connectivity index (χ1n) is 9.80. The third-order valence-electron chi connectivity index (χ3n) is 4.80. The zero-order valence-corrected chi connectivity index (χ0v) is 17.3. The number of benzene rings is 1. The molecule has 0 amide bonds. The van der Waals surface area contributed by atoms with Gasteiger partial charge in [-0.3, -0.25) is 0 Å². The van der Waals surface area contributed by atoms with Gasteiger partial charge in [0.25, 0.3) is 0 Å². The summed E-state index contributed by atoms with van der Waals surface area (Å²) in [5, 5.41) is 17.1. The van der Waals surface area contributed by atoms with Crippen molar-refractivity contribution < 1.29 is 14.6 Å². The Bertz CT molecular complexity index is 675. The van der Waals surface area contributed by atoms with E-state index in [1.54, 1.807) is 11.8 Å². The fourth-order valence-corrected chi connectivity index (χ4v) is 4.68. The van der Waals surface area contributed by atoms with Gasteiger partial charge >= 0.3 is 0 Å². The molecule has 150 valence electrons. The number of thioether (sulfide) groups is 1. The molecule has 2 aliphatic heterocycles. The summed E-state index contributed by atoms with van der Waals surface area (Å²) >= 11 is 1.79. The number of fused-ring (bicyclic) bond motifs is 1. The van der Waals surface area contributed by atoms with Gasteiger partial charge in [0, 0.05) is 36.4 Å². The SMILES string of the molecule is CCNC(=NCc1cc2c(cc1OCC)CC(C)O2)NCC1(O)CCSC1. The largest absolute Gasteiger partial charge is 0.494 e. The molecule has 2 unspecified atom stereocenters. The van der Waals surface area contributed by atoms with Crippen molar-refractivity contribution >= 4 is 17.7 Å². The Morgan fingerprint density at radius 3 is 2.96 bits per heavy atom. The summed E-state index contributed by atoms with van der Waals surface area (Å²) in [6.07, 6.45) is 1.94. The van der Waals surface area contributed by atoms with Crippen LogP contribution in [0.3, 0.4) is 0 Å². The first kappa shape index (κ1) is 20.1. The molecule has 2 heterocycles. The van der Waals surface area contributed by atoms with Gasteiger partial charge < -0.3 is 25.2 Å². The molecule has 2 atom stereocenters. The van der Waals surface area contributed by atoms with Crippen LogP contribution in [0.4, 0.5) is 0 Å². The van der Waals surface area contributed by atoms with Crippen molar-refractivity contribution in [1.82, 2.24) is 10.6 Å². The fourth-order valence-electron chi connectivity index (χ4n) is 3.39. The third-order valence-corrected chi connectivity index (χ3v) is 6.03. The minimum atomic E-state index is -0.644. The number of hydrogen-bond acceptors (Lipinski definition) is 5. The molecule has 0 spiro atoms. The highest BCUT2D eigenvalue weighted by atomic mass is 32.2. The van der Waals surface area contributed by atoms with E-state index in [1.165, 1.54) is 5.56 Å². The molecule has 1 fully saturated rings. The summed E-state index contributed by atoms with van der Waals surface area (Å²) in [5.74, 6) is 4.30. The number of hydrogen-bond donors (Lipinski definition) is 3. The van der Waals surface area contributed by atoms with E-state index in [4.69, 9.17) is 14.5 Å². The van der Waals surface area contributed by atoms with Crippen LogP contribution in [0.15, 0.2) is 17.1 Å². The van der Waals surface area contributed by atoms with Crippen LogP contribution in [0.2, 0.25) is 0 Å². The summed E-state index contributed by atoms with van der Waals surface area (Å²) < 4.78 is 11.7. The van der Waals surface area contributed by atoms with Crippen molar-refractivity contribution in [2.24, 2.45) is 4.99 Å². The zero-order valence-electron chi connectivity index (χ0n) is 16.5. The van der Waals surface area contributed by atoms with Crippen molar-refractivity contribution in [2.45, 2.75) is 51.9 Å². The highest BCUT2D eigenvalue weighted by Crippen LogP contribution is 2.35. The molecule has 0 saturated carbocycles. The molecule has 7 heteroatoms. The smallest absolute Gasteiger partial charge is 0.191 e. The number of nitrogens with one attached hydrogen (secondary N) is 2. The molecule has 1 saturated heterocycles. The molecule has 3 N–H and O–H groups in total. The average Bonchev–Trinajstić information content (AvgIpc) is 3.22. The number of aliphatic hydroxyl groups is 1. The quantitative estimate of drug-likeness (QED) is 0.488. The number of rotatable bonds is 7. The molecule has 0 aliphatic carbocycles. The Morgan fingerprint density at radius 2 is 2.26 bits per heavy atom. The predicted octanol–water partition coefficient (Wildman–Crippen LogP) is 2.33. The second kappa shape index (κ2) is 9.06. The molecular weight excluding hydrogens is 362 g/mol. The third kappa shape index (κ3) is 5.23. The Balaban J connectivity index is 1.72. The van der Waals surface area contributed by atoms with Gasteiger partial charge in [0.15, 0.2) is 5.96 Å². The summed E-state index contributed by atoms with van der Waals surface area (Å²) in [7, 11) is 0. The summed E-state index contributed by atoms with van der Waals surface area (Å²) in [6, 6.07) is 4.14. The minimum absolute atomic E-state index is 0.206. The predicted molar refractivity (Wildman–Crippen MR) is 111 cm³/mol. The average molecular weight is 394 g/mol. The van der Waals surface area contributed by atoms with E-state index in [-0.39, 0.29) is 6.10 Å². The van der Waals surface area contributed by atoms with Crippen LogP contribution in [0, 0.1) is 0 Å². The lowest BCUT2D eigenvalue weighted by atomic mass is 10.0. The van der Waals surface area contributed by atoms with Crippen LogP contribution in [-0.2, 0) is 13.0 Å². The van der Waals surface area contributed by atoms with Gasteiger partial charge in [-0.05, 0) is 45.1 Å². The molecule has 1 aromatic rings. The van der Waals surface area contributed by atoms with Crippen LogP contribution < -0.4 is 20.1 Å². The second-order valence-electron chi connectivity index (χ2n) is 7.21. The lowest BCUT2D eigenvalue weighted by Gasteiger charge is -2.23. The van der Waals surface area contributed by atoms with Crippen molar-refractivity contribution in [3.8, 4) is 11.5 Å². The maximum absolute atomic E-state index is 10.5. The topological polar surface area (TPSA) is 75.1 Å². The number of nitrogens with zero attached hydrogens (tertiary/aromatic N) is 1. The molecule has 0 bridgehead atoms. The molecule has 0 aromatic heterocycles. The van der Waals surface area contributed by atoms with E-state index >= 15 is 0 Å². The lowest BCUT2D eigenvalue weighted by molar-refractivity contribution is 0.0724. The number of guanidine groups is 1. The Kier molecular flexibility index (Phi) is 6.76. The van der Waals surface area contributed by atoms with Gasteiger partial charge in [0.2, 0.25) is 0 Å². The highest BCUT2D eigenvalue weighted by Gasteiger charge is 2.31. The van der Waals surface area contributed by atoms with Crippen molar-refractivity contribution in [1.29, 1.82) is 0 Å². The second-order valence-corrected chi connectivity index (χ2v) is 8.31. The van der Waals surface area contributed by atoms with Crippen LogP contribution in [0.25, 0.3) is 0 Å². The molecule has 27 heavy (non-hydrogen) atoms. The van der Waals surface area contributed by atoms with Gasteiger partial charge in [-0.1, -0.05) is 0 Å². The molecule has 2 aliphatic rings. The highest BCUT2D eigenvalue weighted by molar-refractivity contribution is 7.99. The van der Waals surface area contributed by atoms with Gasteiger partial charge in [0.1, 0.15) is 17.6 Å². The monoisotopic (exact) mass is 393 g/mol. The van der Waals surface area contributed by atoms with E-state index in [2.05, 4.69) is 29.7 Å². The van der Waals surface area contributed by atoms with Crippen molar-refractivity contribution in [3.05, 3.63) is 23.3 Å². The maximum atomic E-state index is 10.5. The number of aliphatic imine (C=N–C) groups is 1. The number of ether oxygens (including phenoxy) is 2. The summed E-state index contributed by atoms with van der Waals surface area (Å²) in [5.41, 5.74) is 1.57. The van der Waals surface area contributed by atoms with E-state index < -0.39 is 5.60 Å². The zero-order chi connectivity index (χ0) is 19.3. The standard InChI is InChI=1S/C20H31N3O3S/c1-4-21-19(23-12-20(24)6-7-27-13-20)22-11-16-10-18-15(8-14(3)26-18)9-17(16)25-5-2/h9-10,14,24H,4-8,11-13H2,1-3H3,(H2,21,22,23).